The molecule has 0 spiro atoms. The van der Waals surface area contributed by atoms with Gasteiger partial charge in [0.1, 0.15) is 0 Å². The molecule has 0 amide bonds. The van der Waals surface area contributed by atoms with Gasteiger partial charge in [0.05, 0.1) is 17.4 Å². The average Bonchev–Trinajstić information content (AvgIpc) is 2.89. The quantitative estimate of drug-likeness (QED) is 0.861. The lowest BCUT2D eigenvalue weighted by Crippen LogP contribution is -2.24. The highest BCUT2D eigenvalue weighted by Crippen LogP contribution is 2.19. The van der Waals surface area contributed by atoms with Crippen molar-refractivity contribution in [3.05, 3.63) is 48.3 Å². The second-order valence-electron chi connectivity index (χ2n) is 4.94. The maximum atomic E-state index is 4.45. The molecule has 0 saturated carbocycles. The highest BCUT2D eigenvalue weighted by Gasteiger charge is 2.15. The van der Waals surface area contributed by atoms with Gasteiger partial charge in [-0.25, -0.2) is 4.68 Å². The third-order valence-electron chi connectivity index (χ3n) is 3.24. The van der Waals surface area contributed by atoms with Crippen molar-refractivity contribution in [3.63, 3.8) is 0 Å². The van der Waals surface area contributed by atoms with Gasteiger partial charge in [0.2, 0.25) is 0 Å². The minimum Gasteiger partial charge on any atom is -0.312 e. The summed E-state index contributed by atoms with van der Waals surface area (Å²) in [6.07, 6.45) is 2.92. The predicted molar refractivity (Wildman–Crippen MR) is 78.5 cm³/mol. The predicted octanol–water partition coefficient (Wildman–Crippen LogP) is 2.08. The van der Waals surface area contributed by atoms with Crippen molar-refractivity contribution in [3.8, 4) is 5.69 Å². The number of benzene rings is 1. The minimum absolute atomic E-state index is 0.310. The third kappa shape index (κ3) is 3.43. The minimum atomic E-state index is 0.310. The summed E-state index contributed by atoms with van der Waals surface area (Å²) in [5.41, 5.74) is 2.31. The number of para-hydroxylation sites is 1. The SMILES string of the molecule is CNC(CCN(C)C)c1ccnn1-c1ccccc1. The first-order valence-corrected chi connectivity index (χ1v) is 6.63. The molecule has 4 heteroatoms. The Morgan fingerprint density at radius 1 is 1.21 bits per heavy atom. The lowest BCUT2D eigenvalue weighted by atomic mass is 10.1. The van der Waals surface area contributed by atoms with Crippen LogP contribution in [0.15, 0.2) is 42.6 Å². The molecule has 0 aliphatic heterocycles. The molecule has 1 aromatic heterocycles. The Balaban J connectivity index is 2.22. The van der Waals surface area contributed by atoms with Crippen LogP contribution in [0.25, 0.3) is 5.69 Å². The summed E-state index contributed by atoms with van der Waals surface area (Å²) in [7, 11) is 6.20. The number of hydrogen-bond acceptors (Lipinski definition) is 3. The molecule has 0 bridgehead atoms. The highest BCUT2D eigenvalue weighted by molar-refractivity contribution is 5.33. The Bertz CT molecular complexity index is 490. The first kappa shape index (κ1) is 13.8. The normalized spacial score (nSPS) is 12.8. The van der Waals surface area contributed by atoms with Crippen molar-refractivity contribution in [2.75, 3.05) is 27.7 Å². The Morgan fingerprint density at radius 3 is 2.58 bits per heavy atom. The van der Waals surface area contributed by atoms with Crippen LogP contribution in [0.4, 0.5) is 0 Å². The third-order valence-corrected chi connectivity index (χ3v) is 3.24. The van der Waals surface area contributed by atoms with E-state index in [1.165, 1.54) is 5.69 Å². The molecule has 102 valence electrons. The Kier molecular flexibility index (Phi) is 4.71. The summed E-state index contributed by atoms with van der Waals surface area (Å²) in [4.78, 5) is 2.20. The lowest BCUT2D eigenvalue weighted by Gasteiger charge is -2.20. The fourth-order valence-corrected chi connectivity index (χ4v) is 2.19. The van der Waals surface area contributed by atoms with Gasteiger partial charge in [0.25, 0.3) is 0 Å². The molecule has 1 heterocycles. The topological polar surface area (TPSA) is 33.1 Å². The largest absolute Gasteiger partial charge is 0.312 e. The maximum absolute atomic E-state index is 4.45. The fraction of sp³-hybridized carbons (Fsp3) is 0.400. The number of nitrogens with zero attached hydrogens (tertiary/aromatic N) is 3. The van der Waals surface area contributed by atoms with Crippen LogP contribution in [0.1, 0.15) is 18.2 Å². The van der Waals surface area contributed by atoms with E-state index in [4.69, 9.17) is 0 Å². The second kappa shape index (κ2) is 6.50. The molecule has 1 atom stereocenters. The number of rotatable bonds is 6. The molecule has 0 aliphatic rings. The van der Waals surface area contributed by atoms with Crippen LogP contribution in [-0.2, 0) is 0 Å². The van der Waals surface area contributed by atoms with Gasteiger partial charge in [0, 0.05) is 6.20 Å². The van der Waals surface area contributed by atoms with E-state index in [9.17, 15) is 0 Å². The summed E-state index contributed by atoms with van der Waals surface area (Å²) in [5.74, 6) is 0. The molecule has 0 radical (unpaired) electrons. The van der Waals surface area contributed by atoms with Crippen molar-refractivity contribution < 1.29 is 0 Å². The Labute approximate surface area is 115 Å². The molecular weight excluding hydrogens is 236 g/mol. The first-order chi connectivity index (χ1) is 9.22. The molecule has 0 saturated heterocycles. The molecule has 1 unspecified atom stereocenters. The van der Waals surface area contributed by atoms with Crippen LogP contribution in [-0.4, -0.2) is 42.4 Å². The zero-order valence-corrected chi connectivity index (χ0v) is 11.9. The highest BCUT2D eigenvalue weighted by atomic mass is 15.3. The van der Waals surface area contributed by atoms with Crippen LogP contribution >= 0.6 is 0 Å². The second-order valence-corrected chi connectivity index (χ2v) is 4.94. The van der Waals surface area contributed by atoms with Gasteiger partial charge in [-0.15, -0.1) is 0 Å². The molecule has 0 aliphatic carbocycles. The summed E-state index contributed by atoms with van der Waals surface area (Å²) in [5, 5.41) is 7.83. The fourth-order valence-electron chi connectivity index (χ4n) is 2.19. The van der Waals surface area contributed by atoms with Crippen molar-refractivity contribution in [1.82, 2.24) is 20.0 Å². The van der Waals surface area contributed by atoms with Crippen LogP contribution in [0.5, 0.6) is 0 Å². The summed E-state index contributed by atoms with van der Waals surface area (Å²) in [6, 6.07) is 12.6. The lowest BCUT2D eigenvalue weighted by molar-refractivity contribution is 0.364. The number of aromatic nitrogens is 2. The molecule has 4 nitrogen and oxygen atoms in total. The van der Waals surface area contributed by atoms with Crippen molar-refractivity contribution in [1.29, 1.82) is 0 Å². The molecule has 2 aromatic rings. The van der Waals surface area contributed by atoms with E-state index in [0.717, 1.165) is 18.7 Å². The van der Waals surface area contributed by atoms with Crippen LogP contribution in [0, 0.1) is 0 Å². The van der Waals surface area contributed by atoms with E-state index in [0.29, 0.717) is 6.04 Å². The smallest absolute Gasteiger partial charge is 0.0649 e. The van der Waals surface area contributed by atoms with E-state index >= 15 is 0 Å². The van der Waals surface area contributed by atoms with E-state index < -0.39 is 0 Å². The van der Waals surface area contributed by atoms with Gasteiger partial charge in [-0.1, -0.05) is 18.2 Å². The molecular formula is C15H22N4. The monoisotopic (exact) mass is 258 g/mol. The van der Waals surface area contributed by atoms with Crippen molar-refractivity contribution in [2.45, 2.75) is 12.5 Å². The average molecular weight is 258 g/mol. The van der Waals surface area contributed by atoms with Gasteiger partial charge in [-0.05, 0) is 52.3 Å². The van der Waals surface area contributed by atoms with Crippen molar-refractivity contribution in [2.24, 2.45) is 0 Å². The molecule has 19 heavy (non-hydrogen) atoms. The Morgan fingerprint density at radius 2 is 1.95 bits per heavy atom. The molecule has 1 N–H and O–H groups in total. The number of hydrogen-bond donors (Lipinski definition) is 1. The van der Waals surface area contributed by atoms with Crippen molar-refractivity contribution >= 4 is 0 Å². The molecule has 0 fully saturated rings. The number of nitrogens with one attached hydrogen (secondary N) is 1. The van der Waals surface area contributed by atoms with E-state index in [2.05, 4.69) is 47.6 Å². The summed E-state index contributed by atoms with van der Waals surface area (Å²) < 4.78 is 2.01. The first-order valence-electron chi connectivity index (χ1n) is 6.63. The van der Waals surface area contributed by atoms with Gasteiger partial charge in [-0.2, -0.15) is 5.10 Å². The van der Waals surface area contributed by atoms with E-state index in [1.807, 2.05) is 36.1 Å². The Hall–Kier alpha value is -1.65. The van der Waals surface area contributed by atoms with E-state index in [-0.39, 0.29) is 0 Å². The van der Waals surface area contributed by atoms with Crippen LogP contribution < -0.4 is 5.32 Å². The van der Waals surface area contributed by atoms with Gasteiger partial charge in [-0.3, -0.25) is 0 Å². The van der Waals surface area contributed by atoms with E-state index in [1.54, 1.807) is 0 Å². The molecule has 1 aromatic carbocycles. The summed E-state index contributed by atoms with van der Waals surface area (Å²) >= 11 is 0. The standard InChI is InChI=1S/C15H22N4/c1-16-14(10-12-18(2)3)15-9-11-17-19(15)13-7-5-4-6-8-13/h4-9,11,14,16H,10,12H2,1-3H3. The zero-order valence-electron chi connectivity index (χ0n) is 11.9. The van der Waals surface area contributed by atoms with Gasteiger partial charge < -0.3 is 10.2 Å². The summed E-state index contributed by atoms with van der Waals surface area (Å²) in [6.45, 7) is 1.05. The zero-order chi connectivity index (χ0) is 13.7. The van der Waals surface area contributed by atoms with Gasteiger partial charge >= 0.3 is 0 Å². The van der Waals surface area contributed by atoms with Crippen LogP contribution in [0.2, 0.25) is 0 Å². The van der Waals surface area contributed by atoms with Gasteiger partial charge in [0.15, 0.2) is 0 Å². The molecule has 2 rings (SSSR count). The van der Waals surface area contributed by atoms with Crippen LogP contribution in [0.3, 0.4) is 0 Å². The maximum Gasteiger partial charge on any atom is 0.0649 e.